The summed E-state index contributed by atoms with van der Waals surface area (Å²) in [7, 11) is 0. The zero-order valence-corrected chi connectivity index (χ0v) is 30.3. The van der Waals surface area contributed by atoms with Crippen LogP contribution in [0.25, 0.3) is 56.2 Å². The van der Waals surface area contributed by atoms with E-state index >= 15 is 0 Å². The fourth-order valence-electron chi connectivity index (χ4n) is 9.50. The van der Waals surface area contributed by atoms with E-state index in [4.69, 9.17) is 9.97 Å². The topological polar surface area (TPSA) is 25.8 Å². The van der Waals surface area contributed by atoms with E-state index in [2.05, 4.69) is 178 Å². The van der Waals surface area contributed by atoms with Gasteiger partial charge in [0, 0.05) is 31.9 Å². The van der Waals surface area contributed by atoms with E-state index in [1.807, 2.05) is 17.8 Å². The Hall–Kier alpha value is -6.03. The molecule has 0 saturated carbocycles. The molecular weight excluding hydrogens is 661 g/mol. The van der Waals surface area contributed by atoms with Crippen molar-refractivity contribution in [1.82, 2.24) is 9.97 Å². The van der Waals surface area contributed by atoms with Crippen molar-refractivity contribution in [2.45, 2.75) is 34.5 Å². The highest BCUT2D eigenvalue weighted by molar-refractivity contribution is 7.99. The molecule has 0 N–H and O–H groups in total. The van der Waals surface area contributed by atoms with Gasteiger partial charge in [-0.3, -0.25) is 0 Å². The minimum Gasteiger partial charge on any atom is -0.228 e. The third-order valence-corrected chi connectivity index (χ3v) is 12.9. The molecular formula is C50H34N2S. The Balaban J connectivity index is 1.16. The summed E-state index contributed by atoms with van der Waals surface area (Å²) in [5.74, 6) is 0.734. The third kappa shape index (κ3) is 4.23. The number of hydrogen-bond acceptors (Lipinski definition) is 3. The van der Waals surface area contributed by atoms with Gasteiger partial charge in [-0.05, 0) is 73.8 Å². The van der Waals surface area contributed by atoms with Gasteiger partial charge in [-0.25, -0.2) is 9.97 Å². The maximum atomic E-state index is 5.30. The van der Waals surface area contributed by atoms with Crippen molar-refractivity contribution < 1.29 is 0 Å². The molecule has 250 valence electrons. The second kappa shape index (κ2) is 11.2. The lowest BCUT2D eigenvalue weighted by molar-refractivity contribution is 0.652. The van der Waals surface area contributed by atoms with Crippen LogP contribution < -0.4 is 0 Å². The molecule has 0 bridgehead atoms. The predicted octanol–water partition coefficient (Wildman–Crippen LogP) is 12.6. The van der Waals surface area contributed by atoms with Crippen molar-refractivity contribution >= 4 is 11.8 Å². The standard InChI is InChI=1S/C50H34N2S/c1-49(2)41-29-42-46(53-45-27-14-13-26-40(45)50(42)38-24-11-9-20-33(38)34-21-10-12-25-39(34)50)28-37(41)35-22-15-23-36(47(35)49)44-30-43(31-16-5-3-6-17-31)51-48(52-44)32-18-7-4-8-19-32/h3-30H,1-2H3. The van der Waals surface area contributed by atoms with E-state index < -0.39 is 5.41 Å². The summed E-state index contributed by atoms with van der Waals surface area (Å²) in [5, 5.41) is 0. The van der Waals surface area contributed by atoms with Crippen LogP contribution in [0.1, 0.15) is 47.2 Å². The van der Waals surface area contributed by atoms with Crippen LogP contribution in [-0.4, -0.2) is 9.97 Å². The number of benzene rings is 7. The summed E-state index contributed by atoms with van der Waals surface area (Å²) in [6.45, 7) is 4.80. The molecule has 0 fully saturated rings. The molecule has 3 aliphatic rings. The second-order valence-electron chi connectivity index (χ2n) is 14.9. The molecule has 2 aliphatic carbocycles. The fraction of sp³-hybridized carbons (Fsp3) is 0.0800. The van der Waals surface area contributed by atoms with E-state index in [0.717, 1.165) is 33.9 Å². The number of aromatic nitrogens is 2. The summed E-state index contributed by atoms with van der Waals surface area (Å²) < 4.78 is 0. The molecule has 0 atom stereocenters. The van der Waals surface area contributed by atoms with Gasteiger partial charge in [0.25, 0.3) is 0 Å². The predicted molar refractivity (Wildman–Crippen MR) is 217 cm³/mol. The lowest BCUT2D eigenvalue weighted by Gasteiger charge is -2.40. The number of nitrogens with zero attached hydrogens (tertiary/aromatic N) is 2. The first-order valence-corrected chi connectivity index (χ1v) is 19.1. The van der Waals surface area contributed by atoms with Gasteiger partial charge in [0.1, 0.15) is 0 Å². The molecule has 1 aromatic heterocycles. The second-order valence-corrected chi connectivity index (χ2v) is 16.0. The molecule has 2 nitrogen and oxygen atoms in total. The Kier molecular flexibility index (Phi) is 6.48. The highest BCUT2D eigenvalue weighted by Gasteiger charge is 2.51. The average Bonchev–Trinajstić information content (AvgIpc) is 3.63. The summed E-state index contributed by atoms with van der Waals surface area (Å²) in [6, 6.07) is 62.0. The van der Waals surface area contributed by atoms with E-state index in [0.29, 0.717) is 0 Å². The average molecular weight is 695 g/mol. The molecule has 0 radical (unpaired) electrons. The Morgan fingerprint density at radius 2 is 0.962 bits per heavy atom. The van der Waals surface area contributed by atoms with Crippen molar-refractivity contribution in [2.75, 3.05) is 0 Å². The molecule has 11 rings (SSSR count). The maximum absolute atomic E-state index is 5.30. The molecule has 53 heavy (non-hydrogen) atoms. The van der Waals surface area contributed by atoms with Gasteiger partial charge in [0.05, 0.1) is 16.8 Å². The number of hydrogen-bond donors (Lipinski definition) is 0. The monoisotopic (exact) mass is 694 g/mol. The molecule has 2 heterocycles. The van der Waals surface area contributed by atoms with Gasteiger partial charge in [0.2, 0.25) is 0 Å². The van der Waals surface area contributed by atoms with Crippen LogP contribution in [0, 0.1) is 0 Å². The van der Waals surface area contributed by atoms with Crippen molar-refractivity contribution in [3.63, 3.8) is 0 Å². The summed E-state index contributed by atoms with van der Waals surface area (Å²) in [4.78, 5) is 13.0. The highest BCUT2D eigenvalue weighted by atomic mass is 32.2. The summed E-state index contributed by atoms with van der Waals surface area (Å²) in [6.07, 6.45) is 0. The zero-order chi connectivity index (χ0) is 35.3. The van der Waals surface area contributed by atoms with Crippen LogP contribution in [0.2, 0.25) is 0 Å². The first-order chi connectivity index (χ1) is 26.0. The van der Waals surface area contributed by atoms with E-state index in [1.54, 1.807) is 0 Å². The first kappa shape index (κ1) is 30.6. The Morgan fingerprint density at radius 3 is 1.68 bits per heavy atom. The van der Waals surface area contributed by atoms with Crippen LogP contribution >= 0.6 is 11.8 Å². The van der Waals surface area contributed by atoms with E-state index in [9.17, 15) is 0 Å². The van der Waals surface area contributed by atoms with Gasteiger partial charge in [-0.2, -0.15) is 0 Å². The molecule has 7 aromatic carbocycles. The first-order valence-electron chi connectivity index (χ1n) is 18.3. The van der Waals surface area contributed by atoms with E-state index in [-0.39, 0.29) is 5.41 Å². The van der Waals surface area contributed by atoms with Gasteiger partial charge < -0.3 is 0 Å². The highest BCUT2D eigenvalue weighted by Crippen LogP contribution is 2.64. The Labute approximate surface area is 314 Å². The molecule has 0 amide bonds. The lowest BCUT2D eigenvalue weighted by atomic mass is 9.66. The van der Waals surface area contributed by atoms with Crippen molar-refractivity contribution in [1.29, 1.82) is 0 Å². The molecule has 1 spiro atoms. The third-order valence-electron chi connectivity index (χ3n) is 11.7. The number of fused-ring (bicyclic) bond motifs is 12. The van der Waals surface area contributed by atoms with Gasteiger partial charge in [-0.1, -0.05) is 177 Å². The minimum atomic E-state index is -0.408. The quantitative estimate of drug-likeness (QED) is 0.184. The Morgan fingerprint density at radius 1 is 0.396 bits per heavy atom. The Bertz CT molecular complexity index is 2680. The largest absolute Gasteiger partial charge is 0.228 e. The van der Waals surface area contributed by atoms with Crippen molar-refractivity contribution in [3.05, 3.63) is 203 Å². The number of rotatable bonds is 3. The van der Waals surface area contributed by atoms with Gasteiger partial charge >= 0.3 is 0 Å². The van der Waals surface area contributed by atoms with Gasteiger partial charge in [0.15, 0.2) is 5.82 Å². The SMILES string of the molecule is CC1(C)c2cc3c(cc2-c2cccc(-c4cc(-c5ccccc5)nc(-c5ccccc5)n4)c21)Sc1ccccc1C31c2ccccc2-c2ccccc21. The van der Waals surface area contributed by atoms with Crippen LogP contribution in [-0.2, 0) is 10.8 Å². The summed E-state index contributed by atoms with van der Waals surface area (Å²) >= 11 is 1.91. The molecule has 8 aromatic rings. The maximum Gasteiger partial charge on any atom is 0.160 e. The normalized spacial score (nSPS) is 14.8. The lowest BCUT2D eigenvalue weighted by Crippen LogP contribution is -2.32. The van der Waals surface area contributed by atoms with Crippen LogP contribution in [0.4, 0.5) is 0 Å². The van der Waals surface area contributed by atoms with Crippen LogP contribution in [0.5, 0.6) is 0 Å². The van der Waals surface area contributed by atoms with Crippen molar-refractivity contribution in [3.8, 4) is 56.2 Å². The molecule has 0 saturated heterocycles. The smallest absolute Gasteiger partial charge is 0.160 e. The van der Waals surface area contributed by atoms with Gasteiger partial charge in [-0.15, -0.1) is 0 Å². The molecule has 1 aliphatic heterocycles. The minimum absolute atomic E-state index is 0.290. The molecule has 3 heteroatoms. The zero-order valence-electron chi connectivity index (χ0n) is 29.5. The summed E-state index contributed by atoms with van der Waals surface area (Å²) in [5.41, 5.74) is 17.8. The van der Waals surface area contributed by atoms with Crippen molar-refractivity contribution in [2.24, 2.45) is 0 Å². The fourth-order valence-corrected chi connectivity index (χ4v) is 10.7. The van der Waals surface area contributed by atoms with E-state index in [1.165, 1.54) is 65.4 Å². The van der Waals surface area contributed by atoms with Crippen LogP contribution in [0.3, 0.4) is 0 Å². The molecule has 0 unspecified atom stereocenters. The van der Waals surface area contributed by atoms with Crippen LogP contribution in [0.15, 0.2) is 180 Å².